The molecule has 3 aromatic rings. The normalized spacial score (nSPS) is 10.6. The summed E-state index contributed by atoms with van der Waals surface area (Å²) in [6.07, 6.45) is 0. The molecular weight excluding hydrogens is 398 g/mol. The highest BCUT2D eigenvalue weighted by atomic mass is 35.5. The van der Waals surface area contributed by atoms with Crippen molar-refractivity contribution in [2.24, 2.45) is 0 Å². The number of carbonyl (C=O) groups is 1. The third-order valence-electron chi connectivity index (χ3n) is 4.89. The van der Waals surface area contributed by atoms with Gasteiger partial charge in [0.25, 0.3) is 5.91 Å². The summed E-state index contributed by atoms with van der Waals surface area (Å²) in [6.45, 7) is 8.91. The van der Waals surface area contributed by atoms with Gasteiger partial charge in [-0.15, -0.1) is 0 Å². The SMILES string of the molecule is CCOc1ccc(C(=O)Nc2ccccc2Cl)cc1COc1cc(C)cc(C)c1C. The fraction of sp³-hybridized carbons (Fsp3) is 0.240. The lowest BCUT2D eigenvalue weighted by molar-refractivity contribution is 0.102. The Labute approximate surface area is 182 Å². The van der Waals surface area contributed by atoms with Gasteiger partial charge in [-0.25, -0.2) is 0 Å². The van der Waals surface area contributed by atoms with Crippen LogP contribution in [-0.4, -0.2) is 12.5 Å². The van der Waals surface area contributed by atoms with Crippen molar-refractivity contribution < 1.29 is 14.3 Å². The smallest absolute Gasteiger partial charge is 0.255 e. The second kappa shape index (κ2) is 9.68. The topological polar surface area (TPSA) is 47.6 Å². The van der Waals surface area contributed by atoms with Gasteiger partial charge in [-0.2, -0.15) is 0 Å². The second-order valence-electron chi connectivity index (χ2n) is 7.18. The largest absolute Gasteiger partial charge is 0.493 e. The molecule has 0 fully saturated rings. The predicted octanol–water partition coefficient (Wildman–Crippen LogP) is 6.50. The Kier molecular flexibility index (Phi) is 7.01. The summed E-state index contributed by atoms with van der Waals surface area (Å²) in [6, 6.07) is 16.6. The number of hydrogen-bond donors (Lipinski definition) is 1. The monoisotopic (exact) mass is 423 g/mol. The van der Waals surface area contributed by atoms with Crippen LogP contribution in [0.2, 0.25) is 5.02 Å². The van der Waals surface area contributed by atoms with Crippen LogP contribution in [0.15, 0.2) is 54.6 Å². The molecule has 0 aromatic heterocycles. The second-order valence-corrected chi connectivity index (χ2v) is 7.59. The van der Waals surface area contributed by atoms with E-state index in [1.54, 1.807) is 30.3 Å². The van der Waals surface area contributed by atoms with Crippen LogP contribution < -0.4 is 14.8 Å². The lowest BCUT2D eigenvalue weighted by Gasteiger charge is -2.16. The van der Waals surface area contributed by atoms with E-state index in [1.807, 2.05) is 39.0 Å². The van der Waals surface area contributed by atoms with Gasteiger partial charge in [0.1, 0.15) is 18.1 Å². The van der Waals surface area contributed by atoms with Gasteiger partial charge in [-0.3, -0.25) is 4.79 Å². The molecule has 0 radical (unpaired) electrons. The van der Waals surface area contributed by atoms with Crippen molar-refractivity contribution >= 4 is 23.2 Å². The number of benzene rings is 3. The van der Waals surface area contributed by atoms with E-state index in [9.17, 15) is 4.79 Å². The van der Waals surface area contributed by atoms with Crippen molar-refractivity contribution in [3.63, 3.8) is 0 Å². The minimum Gasteiger partial charge on any atom is -0.493 e. The van der Waals surface area contributed by atoms with Crippen LogP contribution in [0.3, 0.4) is 0 Å². The van der Waals surface area contributed by atoms with Crippen molar-refractivity contribution in [1.29, 1.82) is 0 Å². The number of carbonyl (C=O) groups excluding carboxylic acids is 1. The van der Waals surface area contributed by atoms with Crippen molar-refractivity contribution in [1.82, 2.24) is 0 Å². The Morgan fingerprint density at radius 3 is 2.47 bits per heavy atom. The number of halogens is 1. The molecule has 1 amide bonds. The summed E-state index contributed by atoms with van der Waals surface area (Å²) in [4.78, 5) is 12.8. The van der Waals surface area contributed by atoms with E-state index in [2.05, 4.69) is 18.3 Å². The van der Waals surface area contributed by atoms with Gasteiger partial charge in [0.05, 0.1) is 17.3 Å². The van der Waals surface area contributed by atoms with E-state index in [-0.39, 0.29) is 5.91 Å². The maximum absolute atomic E-state index is 12.8. The number of rotatable bonds is 7. The van der Waals surface area contributed by atoms with E-state index in [0.29, 0.717) is 35.2 Å². The van der Waals surface area contributed by atoms with Crippen LogP contribution in [0.1, 0.15) is 39.5 Å². The van der Waals surface area contributed by atoms with Gasteiger partial charge in [0.2, 0.25) is 0 Å². The molecule has 30 heavy (non-hydrogen) atoms. The summed E-state index contributed by atoms with van der Waals surface area (Å²) in [7, 11) is 0. The van der Waals surface area contributed by atoms with Gasteiger partial charge >= 0.3 is 0 Å². The zero-order valence-electron chi connectivity index (χ0n) is 17.7. The lowest BCUT2D eigenvalue weighted by Crippen LogP contribution is -2.13. The maximum atomic E-state index is 12.8. The molecule has 3 aromatic carbocycles. The number of amides is 1. The summed E-state index contributed by atoms with van der Waals surface area (Å²) in [5.41, 5.74) is 5.32. The molecule has 156 valence electrons. The van der Waals surface area contributed by atoms with Crippen LogP contribution in [0.5, 0.6) is 11.5 Å². The van der Waals surface area contributed by atoms with Crippen LogP contribution in [-0.2, 0) is 6.61 Å². The van der Waals surface area contributed by atoms with Crippen LogP contribution in [0, 0.1) is 20.8 Å². The summed E-state index contributed by atoms with van der Waals surface area (Å²) in [5, 5.41) is 3.34. The van der Waals surface area contributed by atoms with Crippen molar-refractivity contribution in [3.05, 3.63) is 87.4 Å². The number of ether oxygens (including phenoxy) is 2. The third kappa shape index (κ3) is 5.14. The van der Waals surface area contributed by atoms with E-state index in [0.717, 1.165) is 22.4 Å². The standard InChI is InChI=1S/C25H26ClNO3/c1-5-29-23-11-10-19(25(28)27-22-9-7-6-8-21(22)26)14-20(23)15-30-24-13-16(2)12-17(3)18(24)4/h6-14H,5,15H2,1-4H3,(H,27,28). The van der Waals surface area contributed by atoms with Crippen molar-refractivity contribution in [2.75, 3.05) is 11.9 Å². The first-order valence-electron chi connectivity index (χ1n) is 9.91. The molecule has 1 N–H and O–H groups in total. The van der Waals surface area contributed by atoms with E-state index >= 15 is 0 Å². The Morgan fingerprint density at radius 2 is 1.73 bits per heavy atom. The Balaban J connectivity index is 1.84. The molecule has 0 unspecified atom stereocenters. The number of hydrogen-bond acceptors (Lipinski definition) is 3. The Bertz CT molecular complexity index is 1060. The van der Waals surface area contributed by atoms with Crippen molar-refractivity contribution in [2.45, 2.75) is 34.3 Å². The van der Waals surface area contributed by atoms with Crippen LogP contribution in [0.4, 0.5) is 5.69 Å². The average Bonchev–Trinajstić information content (AvgIpc) is 2.72. The molecule has 5 heteroatoms. The average molecular weight is 424 g/mol. The van der Waals surface area contributed by atoms with Gasteiger partial charge in [-0.05, 0) is 80.8 Å². The maximum Gasteiger partial charge on any atom is 0.255 e. The molecule has 3 rings (SSSR count). The molecule has 0 heterocycles. The van der Waals surface area contributed by atoms with E-state index in [4.69, 9.17) is 21.1 Å². The Hall–Kier alpha value is -2.98. The van der Waals surface area contributed by atoms with Crippen LogP contribution >= 0.6 is 11.6 Å². The fourth-order valence-corrected chi connectivity index (χ4v) is 3.38. The summed E-state index contributed by atoms with van der Waals surface area (Å²) in [5.74, 6) is 1.30. The molecule has 0 aliphatic heterocycles. The highest BCUT2D eigenvalue weighted by Crippen LogP contribution is 2.28. The highest BCUT2D eigenvalue weighted by molar-refractivity contribution is 6.33. The van der Waals surface area contributed by atoms with Crippen LogP contribution in [0.25, 0.3) is 0 Å². The zero-order chi connectivity index (χ0) is 21.7. The quantitative estimate of drug-likeness (QED) is 0.472. The number of aryl methyl sites for hydroxylation is 2. The number of nitrogens with one attached hydrogen (secondary N) is 1. The molecule has 0 aliphatic rings. The molecule has 4 nitrogen and oxygen atoms in total. The lowest BCUT2D eigenvalue weighted by atomic mass is 10.1. The van der Waals surface area contributed by atoms with Crippen molar-refractivity contribution in [3.8, 4) is 11.5 Å². The van der Waals surface area contributed by atoms with E-state index in [1.165, 1.54) is 5.56 Å². The molecular formula is C25H26ClNO3. The fourth-order valence-electron chi connectivity index (χ4n) is 3.19. The highest BCUT2D eigenvalue weighted by Gasteiger charge is 2.13. The predicted molar refractivity (Wildman–Crippen MR) is 122 cm³/mol. The Morgan fingerprint density at radius 1 is 0.967 bits per heavy atom. The minimum atomic E-state index is -0.241. The van der Waals surface area contributed by atoms with E-state index < -0.39 is 0 Å². The molecule has 0 aliphatic carbocycles. The van der Waals surface area contributed by atoms with Gasteiger partial charge < -0.3 is 14.8 Å². The molecule has 0 saturated carbocycles. The van der Waals surface area contributed by atoms with Gasteiger partial charge in [0.15, 0.2) is 0 Å². The first-order valence-corrected chi connectivity index (χ1v) is 10.3. The third-order valence-corrected chi connectivity index (χ3v) is 5.22. The first-order chi connectivity index (χ1) is 14.4. The number of para-hydroxylation sites is 1. The summed E-state index contributed by atoms with van der Waals surface area (Å²) < 4.78 is 11.9. The zero-order valence-corrected chi connectivity index (χ0v) is 18.5. The molecule has 0 saturated heterocycles. The molecule has 0 spiro atoms. The van der Waals surface area contributed by atoms with Gasteiger partial charge in [-0.1, -0.05) is 29.8 Å². The molecule has 0 atom stereocenters. The minimum absolute atomic E-state index is 0.241. The summed E-state index contributed by atoms with van der Waals surface area (Å²) >= 11 is 6.16. The molecule has 0 bridgehead atoms. The van der Waals surface area contributed by atoms with Gasteiger partial charge in [0, 0.05) is 11.1 Å². The number of anilines is 1. The first kappa shape index (κ1) is 21.7.